The lowest BCUT2D eigenvalue weighted by molar-refractivity contribution is 0.419. The minimum absolute atomic E-state index is 0.238. The van der Waals surface area contributed by atoms with E-state index in [1.54, 1.807) is 0 Å². The molecular formula is C20H23N3. The molecule has 0 N–H and O–H groups in total. The molecule has 3 aliphatic carbocycles. The number of allylic oxidation sites excluding steroid dienone is 8. The van der Waals surface area contributed by atoms with Gasteiger partial charge in [-0.05, 0) is 43.9 Å². The Kier molecular flexibility index (Phi) is 4.18. The zero-order valence-corrected chi connectivity index (χ0v) is 13.4. The molecular weight excluding hydrogens is 282 g/mol. The molecule has 0 fully saturated rings. The van der Waals surface area contributed by atoms with Crippen LogP contribution in [0.3, 0.4) is 0 Å². The predicted molar refractivity (Wildman–Crippen MR) is 92.0 cm³/mol. The van der Waals surface area contributed by atoms with E-state index in [1.807, 2.05) is 0 Å². The summed E-state index contributed by atoms with van der Waals surface area (Å²) in [5.74, 6) is 2.09. The van der Waals surface area contributed by atoms with Crippen LogP contribution in [0.2, 0.25) is 0 Å². The van der Waals surface area contributed by atoms with Crippen LogP contribution in [0.4, 0.5) is 0 Å². The average Bonchev–Trinajstić information content (AvgIpc) is 2.87. The van der Waals surface area contributed by atoms with Crippen molar-refractivity contribution >= 4 is 0 Å². The molecule has 1 heterocycles. The van der Waals surface area contributed by atoms with Gasteiger partial charge in [-0.1, -0.05) is 55.0 Å². The maximum Gasteiger partial charge on any atom is 0.158 e. The van der Waals surface area contributed by atoms with Crippen molar-refractivity contribution in [2.45, 2.75) is 44.4 Å². The first-order valence-electron chi connectivity index (χ1n) is 8.82. The second-order valence-electron chi connectivity index (χ2n) is 6.71. The number of aromatic nitrogens is 3. The fourth-order valence-electron chi connectivity index (χ4n) is 3.87. The third-order valence-electron chi connectivity index (χ3n) is 5.17. The van der Waals surface area contributed by atoms with Crippen LogP contribution in [0.1, 0.15) is 48.8 Å². The summed E-state index contributed by atoms with van der Waals surface area (Å²) in [4.78, 5) is 4.94. The molecule has 0 aliphatic heterocycles. The Labute approximate surface area is 137 Å². The molecule has 0 radical (unpaired) electrons. The highest BCUT2D eigenvalue weighted by Crippen LogP contribution is 2.37. The Bertz CT molecular complexity index is 684. The topological polar surface area (TPSA) is 38.7 Å². The Morgan fingerprint density at radius 3 is 2.48 bits per heavy atom. The summed E-state index contributed by atoms with van der Waals surface area (Å²) in [6, 6.07) is 0. The molecule has 0 spiro atoms. The van der Waals surface area contributed by atoms with Crippen molar-refractivity contribution in [3.8, 4) is 0 Å². The van der Waals surface area contributed by atoms with Crippen molar-refractivity contribution in [3.05, 3.63) is 65.8 Å². The molecule has 0 saturated heterocycles. The van der Waals surface area contributed by atoms with Crippen molar-refractivity contribution in [2.75, 3.05) is 0 Å². The molecule has 118 valence electrons. The summed E-state index contributed by atoms with van der Waals surface area (Å²) in [5, 5.41) is 9.05. The summed E-state index contributed by atoms with van der Waals surface area (Å²) in [6.45, 7) is 0. The van der Waals surface area contributed by atoms with Crippen molar-refractivity contribution < 1.29 is 0 Å². The largest absolute Gasteiger partial charge is 0.233 e. The van der Waals surface area contributed by atoms with Crippen molar-refractivity contribution in [3.63, 3.8) is 0 Å². The van der Waals surface area contributed by atoms with Gasteiger partial charge in [0.15, 0.2) is 5.82 Å². The van der Waals surface area contributed by atoms with Crippen molar-refractivity contribution in [2.24, 2.45) is 11.8 Å². The first kappa shape index (κ1) is 14.6. The second kappa shape index (κ2) is 6.61. The van der Waals surface area contributed by atoms with Crippen LogP contribution in [0, 0.1) is 11.8 Å². The smallest absolute Gasteiger partial charge is 0.158 e. The maximum absolute atomic E-state index is 4.94. The predicted octanol–water partition coefficient (Wildman–Crippen LogP) is 4.10. The summed E-state index contributed by atoms with van der Waals surface area (Å²) in [6.07, 6.45) is 24.6. The first-order chi connectivity index (χ1) is 11.4. The lowest BCUT2D eigenvalue weighted by Gasteiger charge is -2.29. The van der Waals surface area contributed by atoms with E-state index in [1.165, 1.54) is 25.0 Å². The van der Waals surface area contributed by atoms with E-state index >= 15 is 0 Å². The lowest BCUT2D eigenvalue weighted by atomic mass is 9.76. The fraction of sp³-hybridized carbons (Fsp3) is 0.450. The molecule has 0 bridgehead atoms. The van der Waals surface area contributed by atoms with Gasteiger partial charge in [0.1, 0.15) is 0 Å². The van der Waals surface area contributed by atoms with Gasteiger partial charge in [-0.25, -0.2) is 4.98 Å². The molecule has 0 amide bonds. The summed E-state index contributed by atoms with van der Waals surface area (Å²) in [5.41, 5.74) is 2.31. The highest BCUT2D eigenvalue weighted by Gasteiger charge is 2.29. The SMILES string of the molecule is C1=CC[C@@H]([C@@H]2C=CC=CC2c2nnc3c(n2)CCCCC3)C=C1. The Hall–Kier alpha value is -2.03. The van der Waals surface area contributed by atoms with Crippen LogP contribution in [0.5, 0.6) is 0 Å². The van der Waals surface area contributed by atoms with Crippen molar-refractivity contribution in [1.82, 2.24) is 15.2 Å². The normalized spacial score (nSPS) is 29.3. The van der Waals surface area contributed by atoms with Crippen LogP contribution in [-0.4, -0.2) is 15.2 Å². The molecule has 3 heteroatoms. The number of hydrogen-bond donors (Lipinski definition) is 0. The maximum atomic E-state index is 4.94. The Morgan fingerprint density at radius 2 is 1.61 bits per heavy atom. The minimum Gasteiger partial charge on any atom is -0.233 e. The molecule has 4 rings (SSSR count). The Morgan fingerprint density at radius 1 is 0.783 bits per heavy atom. The third kappa shape index (κ3) is 3.05. The van der Waals surface area contributed by atoms with E-state index < -0.39 is 0 Å². The monoisotopic (exact) mass is 305 g/mol. The number of aryl methyl sites for hydroxylation is 2. The van der Waals surface area contributed by atoms with Crippen LogP contribution in [0.15, 0.2) is 48.6 Å². The zero-order chi connectivity index (χ0) is 15.5. The average molecular weight is 305 g/mol. The summed E-state index contributed by atoms with van der Waals surface area (Å²) < 4.78 is 0. The number of fused-ring (bicyclic) bond motifs is 1. The van der Waals surface area contributed by atoms with E-state index in [0.29, 0.717) is 11.8 Å². The van der Waals surface area contributed by atoms with Gasteiger partial charge >= 0.3 is 0 Å². The molecule has 23 heavy (non-hydrogen) atoms. The van der Waals surface area contributed by atoms with E-state index in [4.69, 9.17) is 4.98 Å². The number of rotatable bonds is 2. The standard InChI is InChI=1S/C20H23N3/c1-3-9-15(10-4-1)16-11-7-8-12-17(16)20-21-18-13-5-2-6-14-19(18)22-23-20/h1,3-4,7-9,11-12,15-17H,2,5-6,10,13-14H2/t15-,16-,17?/m0/s1. The van der Waals surface area contributed by atoms with E-state index in [2.05, 4.69) is 58.8 Å². The highest BCUT2D eigenvalue weighted by molar-refractivity contribution is 5.27. The van der Waals surface area contributed by atoms with Gasteiger partial charge in [0.25, 0.3) is 0 Å². The first-order valence-corrected chi connectivity index (χ1v) is 8.82. The highest BCUT2D eigenvalue weighted by atomic mass is 15.2. The molecule has 0 saturated carbocycles. The number of nitrogens with zero attached hydrogens (tertiary/aromatic N) is 3. The van der Waals surface area contributed by atoms with Gasteiger partial charge in [-0.2, -0.15) is 5.10 Å². The van der Waals surface area contributed by atoms with E-state index in [0.717, 1.165) is 30.8 Å². The minimum atomic E-state index is 0.238. The lowest BCUT2D eigenvalue weighted by Crippen LogP contribution is -2.23. The van der Waals surface area contributed by atoms with Crippen LogP contribution >= 0.6 is 0 Å². The summed E-state index contributed by atoms with van der Waals surface area (Å²) in [7, 11) is 0. The molecule has 0 aromatic carbocycles. The fourth-order valence-corrected chi connectivity index (χ4v) is 3.87. The van der Waals surface area contributed by atoms with Crippen molar-refractivity contribution in [1.29, 1.82) is 0 Å². The second-order valence-corrected chi connectivity index (χ2v) is 6.71. The third-order valence-corrected chi connectivity index (χ3v) is 5.17. The van der Waals surface area contributed by atoms with Gasteiger partial charge in [-0.3, -0.25) is 0 Å². The number of hydrogen-bond acceptors (Lipinski definition) is 3. The van der Waals surface area contributed by atoms with Gasteiger partial charge in [0.05, 0.1) is 11.4 Å². The van der Waals surface area contributed by atoms with Gasteiger partial charge in [-0.15, -0.1) is 5.10 Å². The molecule has 1 aromatic heterocycles. The molecule has 3 aliphatic rings. The molecule has 3 nitrogen and oxygen atoms in total. The van der Waals surface area contributed by atoms with E-state index in [9.17, 15) is 0 Å². The molecule has 1 aromatic rings. The van der Waals surface area contributed by atoms with Crippen LogP contribution in [-0.2, 0) is 12.8 Å². The molecule has 3 atom stereocenters. The van der Waals surface area contributed by atoms with Gasteiger partial charge in [0, 0.05) is 5.92 Å². The molecule has 1 unspecified atom stereocenters. The summed E-state index contributed by atoms with van der Waals surface area (Å²) >= 11 is 0. The van der Waals surface area contributed by atoms with Crippen LogP contribution < -0.4 is 0 Å². The van der Waals surface area contributed by atoms with E-state index in [-0.39, 0.29) is 5.92 Å². The Balaban J connectivity index is 1.63. The quantitative estimate of drug-likeness (QED) is 0.772. The van der Waals surface area contributed by atoms with Crippen LogP contribution in [0.25, 0.3) is 0 Å². The zero-order valence-electron chi connectivity index (χ0n) is 13.4. The van der Waals surface area contributed by atoms with Gasteiger partial charge < -0.3 is 0 Å². The van der Waals surface area contributed by atoms with Gasteiger partial charge in [0.2, 0.25) is 0 Å².